The minimum Gasteiger partial charge on any atom is -0.484 e. The van der Waals surface area contributed by atoms with Crippen LogP contribution >= 0.6 is 24.0 Å². The maximum atomic E-state index is 11.7. The van der Waals surface area contributed by atoms with Gasteiger partial charge >= 0.3 is 0 Å². The van der Waals surface area contributed by atoms with Gasteiger partial charge in [-0.2, -0.15) is 0 Å². The van der Waals surface area contributed by atoms with E-state index in [9.17, 15) is 4.79 Å². The number of carbonyl (C=O) groups is 1. The molecule has 1 spiro atoms. The van der Waals surface area contributed by atoms with Crippen molar-refractivity contribution in [2.45, 2.75) is 38.1 Å². The van der Waals surface area contributed by atoms with Crippen molar-refractivity contribution in [1.29, 1.82) is 0 Å². The Labute approximate surface area is 196 Å². The number of halogens is 1. The van der Waals surface area contributed by atoms with Crippen LogP contribution in [0, 0.1) is 5.41 Å². The third-order valence-corrected chi connectivity index (χ3v) is 6.07. The summed E-state index contributed by atoms with van der Waals surface area (Å²) < 4.78 is 11.2. The molecule has 3 aliphatic rings. The van der Waals surface area contributed by atoms with E-state index in [-0.39, 0.29) is 36.5 Å². The first-order chi connectivity index (χ1) is 14.2. The second kappa shape index (κ2) is 10.7. The van der Waals surface area contributed by atoms with Crippen LogP contribution in [0.15, 0.2) is 29.3 Å². The zero-order valence-electron chi connectivity index (χ0n) is 17.7. The molecule has 1 aromatic carbocycles. The van der Waals surface area contributed by atoms with Crippen LogP contribution in [0.2, 0.25) is 0 Å². The van der Waals surface area contributed by atoms with Crippen LogP contribution < -0.4 is 15.4 Å². The van der Waals surface area contributed by atoms with Gasteiger partial charge in [0.15, 0.2) is 12.6 Å². The molecule has 4 rings (SSSR count). The number of rotatable bonds is 7. The molecule has 0 radical (unpaired) electrons. The molecule has 0 bridgehead atoms. The number of nitrogens with one attached hydrogen (secondary N) is 2. The molecule has 1 unspecified atom stereocenters. The van der Waals surface area contributed by atoms with E-state index in [2.05, 4.69) is 32.7 Å². The predicted octanol–water partition coefficient (Wildman–Crippen LogP) is 2.19. The van der Waals surface area contributed by atoms with E-state index in [1.807, 2.05) is 19.2 Å². The van der Waals surface area contributed by atoms with Gasteiger partial charge in [-0.05, 0) is 49.8 Å². The number of hydrogen-bond acceptors (Lipinski definition) is 4. The highest BCUT2D eigenvalue weighted by Gasteiger charge is 2.42. The molecular formula is C22H33IN4O3. The Morgan fingerprint density at radius 1 is 1.30 bits per heavy atom. The van der Waals surface area contributed by atoms with Gasteiger partial charge in [0.25, 0.3) is 5.91 Å². The lowest BCUT2D eigenvalue weighted by Gasteiger charge is -2.25. The average molecular weight is 528 g/mol. The first kappa shape index (κ1) is 23.1. The second-order valence-corrected chi connectivity index (χ2v) is 8.47. The first-order valence-corrected chi connectivity index (χ1v) is 10.7. The molecule has 2 heterocycles. The largest absolute Gasteiger partial charge is 0.484 e. The maximum Gasteiger partial charge on any atom is 0.258 e. The van der Waals surface area contributed by atoms with Gasteiger partial charge in [0.2, 0.25) is 0 Å². The van der Waals surface area contributed by atoms with Crippen LogP contribution in [0.5, 0.6) is 5.75 Å². The number of nitrogens with zero attached hydrogens (tertiary/aromatic N) is 2. The molecule has 2 saturated heterocycles. The van der Waals surface area contributed by atoms with Gasteiger partial charge < -0.3 is 25.0 Å². The van der Waals surface area contributed by atoms with Crippen molar-refractivity contribution in [3.05, 3.63) is 29.8 Å². The highest BCUT2D eigenvalue weighted by molar-refractivity contribution is 14.0. The second-order valence-electron chi connectivity index (χ2n) is 8.47. The van der Waals surface area contributed by atoms with Gasteiger partial charge in [0.05, 0.1) is 6.61 Å². The Kier molecular flexibility index (Phi) is 8.21. The quantitative estimate of drug-likeness (QED) is 0.323. The van der Waals surface area contributed by atoms with E-state index in [1.54, 1.807) is 0 Å². The molecule has 0 aromatic heterocycles. The molecule has 2 N–H and O–H groups in total. The Hall–Kier alpha value is -1.55. The minimum absolute atomic E-state index is 0. The lowest BCUT2D eigenvalue weighted by Crippen LogP contribution is -2.42. The summed E-state index contributed by atoms with van der Waals surface area (Å²) in [5.74, 6) is 1.67. The van der Waals surface area contributed by atoms with Crippen molar-refractivity contribution in [1.82, 2.24) is 15.5 Å². The molecule has 1 saturated carbocycles. The standard InChI is InChI=1S/C22H32N4O3.HI/c1-23-21(26-12-9-22(15-26)10-13-28-16-22)24-11-8-17-2-6-19(7-3-17)29-14-20(27)25-18-4-5-18;/h2-3,6-7,18H,4-5,8-16H2,1H3,(H,23,24)(H,25,27);1H. The van der Waals surface area contributed by atoms with Crippen molar-refractivity contribution in [2.24, 2.45) is 10.4 Å². The summed E-state index contributed by atoms with van der Waals surface area (Å²) in [6, 6.07) is 8.34. The number of aliphatic imine (C=N–C) groups is 1. The Bertz CT molecular complexity index is 730. The molecule has 1 amide bonds. The summed E-state index contributed by atoms with van der Waals surface area (Å²) in [6.07, 6.45) is 5.44. The predicted molar refractivity (Wildman–Crippen MR) is 128 cm³/mol. The van der Waals surface area contributed by atoms with Crippen molar-refractivity contribution < 1.29 is 14.3 Å². The lowest BCUT2D eigenvalue weighted by atomic mass is 9.87. The van der Waals surface area contributed by atoms with Gasteiger partial charge in [0, 0.05) is 44.7 Å². The normalized spacial score (nSPS) is 23.4. The Morgan fingerprint density at radius 3 is 2.77 bits per heavy atom. The van der Waals surface area contributed by atoms with E-state index in [4.69, 9.17) is 9.47 Å². The molecule has 1 atom stereocenters. The minimum atomic E-state index is -0.0417. The van der Waals surface area contributed by atoms with Gasteiger partial charge in [-0.1, -0.05) is 12.1 Å². The number of likely N-dealkylation sites (tertiary alicyclic amines) is 1. The summed E-state index contributed by atoms with van der Waals surface area (Å²) in [7, 11) is 1.85. The van der Waals surface area contributed by atoms with Crippen molar-refractivity contribution >= 4 is 35.8 Å². The number of carbonyl (C=O) groups excluding carboxylic acids is 1. The summed E-state index contributed by atoms with van der Waals surface area (Å²) in [4.78, 5) is 18.5. The fraction of sp³-hybridized carbons (Fsp3) is 0.636. The van der Waals surface area contributed by atoms with Crippen LogP contribution in [0.3, 0.4) is 0 Å². The molecule has 166 valence electrons. The molecule has 8 heteroatoms. The first-order valence-electron chi connectivity index (χ1n) is 10.7. The van der Waals surface area contributed by atoms with E-state index in [1.165, 1.54) is 12.0 Å². The monoisotopic (exact) mass is 528 g/mol. The summed E-state index contributed by atoms with van der Waals surface area (Å²) in [6.45, 7) is 4.77. The molecule has 30 heavy (non-hydrogen) atoms. The Balaban J connectivity index is 0.00000256. The van der Waals surface area contributed by atoms with E-state index >= 15 is 0 Å². The fourth-order valence-electron chi connectivity index (χ4n) is 4.14. The van der Waals surface area contributed by atoms with Gasteiger partial charge in [-0.3, -0.25) is 9.79 Å². The highest BCUT2D eigenvalue weighted by Crippen LogP contribution is 2.38. The molecule has 1 aromatic rings. The zero-order chi connectivity index (χ0) is 20.1. The van der Waals surface area contributed by atoms with Gasteiger partial charge in [-0.25, -0.2) is 0 Å². The van der Waals surface area contributed by atoms with Crippen LogP contribution in [0.4, 0.5) is 0 Å². The van der Waals surface area contributed by atoms with Crippen LogP contribution in [0.25, 0.3) is 0 Å². The summed E-state index contributed by atoms with van der Waals surface area (Å²) >= 11 is 0. The van der Waals surface area contributed by atoms with Crippen LogP contribution in [-0.4, -0.2) is 69.3 Å². The fourth-order valence-corrected chi connectivity index (χ4v) is 4.14. The lowest BCUT2D eigenvalue weighted by molar-refractivity contribution is -0.123. The van der Waals surface area contributed by atoms with Gasteiger partial charge in [-0.15, -0.1) is 24.0 Å². The number of benzene rings is 1. The van der Waals surface area contributed by atoms with Crippen molar-refractivity contribution in [3.63, 3.8) is 0 Å². The molecule has 1 aliphatic carbocycles. The van der Waals surface area contributed by atoms with E-state index in [0.29, 0.717) is 11.5 Å². The third kappa shape index (κ3) is 6.23. The average Bonchev–Trinajstić information content (AvgIpc) is 3.27. The maximum absolute atomic E-state index is 11.7. The zero-order valence-corrected chi connectivity index (χ0v) is 20.0. The third-order valence-electron chi connectivity index (χ3n) is 6.07. The van der Waals surface area contributed by atoms with Crippen LogP contribution in [0.1, 0.15) is 31.2 Å². The molecule has 3 fully saturated rings. The smallest absolute Gasteiger partial charge is 0.258 e. The molecular weight excluding hydrogens is 495 g/mol. The van der Waals surface area contributed by atoms with E-state index < -0.39 is 0 Å². The van der Waals surface area contributed by atoms with Crippen molar-refractivity contribution in [3.8, 4) is 5.75 Å². The number of guanidine groups is 1. The number of hydrogen-bond donors (Lipinski definition) is 2. The van der Waals surface area contributed by atoms with E-state index in [0.717, 1.165) is 70.2 Å². The summed E-state index contributed by atoms with van der Waals surface area (Å²) in [5.41, 5.74) is 1.56. The summed E-state index contributed by atoms with van der Waals surface area (Å²) in [5, 5.41) is 6.42. The number of ether oxygens (including phenoxy) is 2. The highest BCUT2D eigenvalue weighted by atomic mass is 127. The molecule has 7 nitrogen and oxygen atoms in total. The Morgan fingerprint density at radius 2 is 2.10 bits per heavy atom. The SMILES string of the molecule is CN=C(NCCc1ccc(OCC(=O)NC2CC2)cc1)N1CCC2(CCOC2)C1.I. The van der Waals surface area contributed by atoms with Crippen molar-refractivity contribution in [2.75, 3.05) is 46.5 Å². The van der Waals surface area contributed by atoms with Gasteiger partial charge in [0.1, 0.15) is 5.75 Å². The molecule has 2 aliphatic heterocycles. The van der Waals surface area contributed by atoms with Crippen LogP contribution in [-0.2, 0) is 16.0 Å². The topological polar surface area (TPSA) is 75.2 Å². The number of amides is 1.